The Bertz CT molecular complexity index is 485. The average molecular weight is 295 g/mol. The minimum absolute atomic E-state index is 0.197. The van der Waals surface area contributed by atoms with Crippen LogP contribution >= 0.6 is 11.3 Å². The summed E-state index contributed by atoms with van der Waals surface area (Å²) in [5.41, 5.74) is 3.46. The standard InChI is InChI=1S/C15H25N3OS/c1-9-5-10(2)11(3)18(7-9)8-13-6-14(15(19)17-16)20-12(13)4/h6,9-11H,5,7-8,16H2,1-4H3,(H,17,19). The topological polar surface area (TPSA) is 58.4 Å². The Hall–Kier alpha value is -0.910. The molecule has 3 unspecified atom stereocenters. The number of carbonyl (C=O) groups excluding carboxylic acids is 1. The number of nitrogens with one attached hydrogen (secondary N) is 1. The van der Waals surface area contributed by atoms with Gasteiger partial charge in [0.25, 0.3) is 5.91 Å². The van der Waals surface area contributed by atoms with Gasteiger partial charge in [-0.3, -0.25) is 15.1 Å². The largest absolute Gasteiger partial charge is 0.296 e. The SMILES string of the molecule is Cc1sc(C(=O)NN)cc1CN1CC(C)CC(C)C1C. The third-order valence-corrected chi connectivity index (χ3v) is 5.56. The van der Waals surface area contributed by atoms with Crippen LogP contribution in [0, 0.1) is 18.8 Å². The monoisotopic (exact) mass is 295 g/mol. The molecule has 0 saturated carbocycles. The Kier molecular flexibility index (Phi) is 4.83. The van der Waals surface area contributed by atoms with Crippen molar-refractivity contribution < 1.29 is 4.79 Å². The number of nitrogens with zero attached hydrogens (tertiary/aromatic N) is 1. The number of thiophene rings is 1. The molecule has 0 spiro atoms. The number of nitrogens with two attached hydrogens (primary N) is 1. The molecular formula is C15H25N3OS. The number of hydrazine groups is 1. The lowest BCUT2D eigenvalue weighted by Gasteiger charge is -2.41. The molecular weight excluding hydrogens is 270 g/mol. The van der Waals surface area contributed by atoms with Crippen LogP contribution in [0.3, 0.4) is 0 Å². The fourth-order valence-electron chi connectivity index (χ4n) is 3.12. The Morgan fingerprint density at radius 2 is 2.20 bits per heavy atom. The molecule has 0 bridgehead atoms. The molecule has 112 valence electrons. The minimum Gasteiger partial charge on any atom is -0.296 e. The first-order chi connectivity index (χ1) is 9.42. The Labute approximate surface area is 125 Å². The van der Waals surface area contributed by atoms with E-state index in [4.69, 9.17) is 5.84 Å². The summed E-state index contributed by atoms with van der Waals surface area (Å²) in [4.78, 5) is 16.0. The highest BCUT2D eigenvalue weighted by Crippen LogP contribution is 2.30. The molecule has 20 heavy (non-hydrogen) atoms. The Morgan fingerprint density at radius 3 is 2.85 bits per heavy atom. The summed E-state index contributed by atoms with van der Waals surface area (Å²) in [5.74, 6) is 6.48. The van der Waals surface area contributed by atoms with Gasteiger partial charge in [0, 0.05) is 24.0 Å². The zero-order valence-electron chi connectivity index (χ0n) is 12.8. The molecule has 0 aliphatic carbocycles. The average Bonchev–Trinajstić information content (AvgIpc) is 2.76. The molecule has 4 nitrogen and oxygen atoms in total. The quantitative estimate of drug-likeness (QED) is 0.512. The Morgan fingerprint density at radius 1 is 1.50 bits per heavy atom. The first-order valence-electron chi connectivity index (χ1n) is 7.26. The van der Waals surface area contributed by atoms with Crippen LogP contribution in [0.4, 0.5) is 0 Å². The zero-order valence-corrected chi connectivity index (χ0v) is 13.6. The predicted molar refractivity (Wildman–Crippen MR) is 83.5 cm³/mol. The van der Waals surface area contributed by atoms with Crippen molar-refractivity contribution >= 4 is 17.2 Å². The van der Waals surface area contributed by atoms with Gasteiger partial charge in [-0.15, -0.1) is 11.3 Å². The summed E-state index contributed by atoms with van der Waals surface area (Å²) in [6, 6.07) is 2.58. The third kappa shape index (κ3) is 3.22. The van der Waals surface area contributed by atoms with E-state index in [1.54, 1.807) is 0 Å². The van der Waals surface area contributed by atoms with Crippen LogP contribution < -0.4 is 11.3 Å². The minimum atomic E-state index is -0.197. The lowest BCUT2D eigenvalue weighted by Crippen LogP contribution is -2.45. The highest BCUT2D eigenvalue weighted by Gasteiger charge is 2.29. The zero-order chi connectivity index (χ0) is 14.9. The van der Waals surface area contributed by atoms with E-state index in [0.717, 1.165) is 24.9 Å². The summed E-state index contributed by atoms with van der Waals surface area (Å²) in [6.45, 7) is 11.1. The molecule has 1 aliphatic heterocycles. The molecule has 1 aromatic heterocycles. The van der Waals surface area contributed by atoms with Crippen LogP contribution in [-0.2, 0) is 6.54 Å². The smallest absolute Gasteiger partial charge is 0.275 e. The van der Waals surface area contributed by atoms with Gasteiger partial charge in [-0.1, -0.05) is 13.8 Å². The van der Waals surface area contributed by atoms with E-state index in [1.165, 1.54) is 28.2 Å². The maximum Gasteiger partial charge on any atom is 0.275 e. The summed E-state index contributed by atoms with van der Waals surface area (Å²) in [5, 5.41) is 0. The molecule has 2 heterocycles. The predicted octanol–water partition coefficient (Wildman–Crippen LogP) is 2.53. The van der Waals surface area contributed by atoms with E-state index in [-0.39, 0.29) is 5.91 Å². The second kappa shape index (κ2) is 6.24. The van der Waals surface area contributed by atoms with Crippen molar-refractivity contribution in [3.8, 4) is 0 Å². The van der Waals surface area contributed by atoms with E-state index in [9.17, 15) is 4.79 Å². The van der Waals surface area contributed by atoms with Gasteiger partial charge in [0.15, 0.2) is 0 Å². The Balaban J connectivity index is 2.13. The number of hydrogen-bond acceptors (Lipinski definition) is 4. The number of carbonyl (C=O) groups is 1. The van der Waals surface area contributed by atoms with Crippen LogP contribution in [0.15, 0.2) is 6.07 Å². The second-order valence-electron chi connectivity index (χ2n) is 6.15. The number of rotatable bonds is 3. The molecule has 1 aromatic rings. The molecule has 3 atom stereocenters. The van der Waals surface area contributed by atoms with Crippen molar-refractivity contribution in [1.29, 1.82) is 0 Å². The van der Waals surface area contributed by atoms with Crippen LogP contribution in [0.2, 0.25) is 0 Å². The summed E-state index contributed by atoms with van der Waals surface area (Å²) in [7, 11) is 0. The molecule has 1 amide bonds. The van der Waals surface area contributed by atoms with Gasteiger partial charge < -0.3 is 0 Å². The molecule has 0 radical (unpaired) electrons. The van der Waals surface area contributed by atoms with Crippen molar-refractivity contribution in [1.82, 2.24) is 10.3 Å². The van der Waals surface area contributed by atoms with Crippen molar-refractivity contribution in [2.24, 2.45) is 17.7 Å². The number of aryl methyl sites for hydroxylation is 1. The summed E-state index contributed by atoms with van der Waals surface area (Å²) in [6.07, 6.45) is 1.31. The molecule has 1 fully saturated rings. The normalized spacial score (nSPS) is 27.6. The number of hydrogen-bond donors (Lipinski definition) is 2. The highest BCUT2D eigenvalue weighted by atomic mass is 32.1. The maximum absolute atomic E-state index is 11.6. The fraction of sp³-hybridized carbons (Fsp3) is 0.667. The van der Waals surface area contributed by atoms with Gasteiger partial charge in [0.2, 0.25) is 0 Å². The molecule has 1 saturated heterocycles. The third-order valence-electron chi connectivity index (χ3n) is 4.47. The summed E-state index contributed by atoms with van der Waals surface area (Å²) >= 11 is 1.52. The van der Waals surface area contributed by atoms with E-state index < -0.39 is 0 Å². The van der Waals surface area contributed by atoms with E-state index >= 15 is 0 Å². The first kappa shape index (κ1) is 15.5. The van der Waals surface area contributed by atoms with E-state index in [0.29, 0.717) is 10.9 Å². The van der Waals surface area contributed by atoms with Gasteiger partial charge in [0.1, 0.15) is 0 Å². The van der Waals surface area contributed by atoms with Crippen molar-refractivity contribution in [3.63, 3.8) is 0 Å². The molecule has 5 heteroatoms. The lowest BCUT2D eigenvalue weighted by molar-refractivity contribution is 0.0729. The molecule has 1 aliphatic rings. The van der Waals surface area contributed by atoms with Gasteiger partial charge in [-0.25, -0.2) is 5.84 Å². The number of amides is 1. The number of piperidine rings is 1. The molecule has 3 N–H and O–H groups in total. The molecule has 0 aromatic carbocycles. The highest BCUT2D eigenvalue weighted by molar-refractivity contribution is 7.14. The van der Waals surface area contributed by atoms with Gasteiger partial charge in [0.05, 0.1) is 4.88 Å². The first-order valence-corrected chi connectivity index (χ1v) is 8.08. The van der Waals surface area contributed by atoms with Gasteiger partial charge in [-0.2, -0.15) is 0 Å². The van der Waals surface area contributed by atoms with Crippen LogP contribution in [0.1, 0.15) is 47.3 Å². The number of likely N-dealkylation sites (tertiary alicyclic amines) is 1. The van der Waals surface area contributed by atoms with Crippen LogP contribution in [-0.4, -0.2) is 23.4 Å². The number of nitrogen functional groups attached to an aromatic ring is 1. The maximum atomic E-state index is 11.6. The fourth-order valence-corrected chi connectivity index (χ4v) is 4.06. The van der Waals surface area contributed by atoms with Crippen LogP contribution in [0.5, 0.6) is 0 Å². The van der Waals surface area contributed by atoms with Crippen molar-refractivity contribution in [2.75, 3.05) is 6.54 Å². The summed E-state index contributed by atoms with van der Waals surface area (Å²) < 4.78 is 0. The molecule has 2 rings (SSSR count). The van der Waals surface area contributed by atoms with Gasteiger partial charge in [-0.05, 0) is 43.7 Å². The van der Waals surface area contributed by atoms with Crippen molar-refractivity contribution in [3.05, 3.63) is 21.4 Å². The van der Waals surface area contributed by atoms with Gasteiger partial charge >= 0.3 is 0 Å². The van der Waals surface area contributed by atoms with E-state index in [1.807, 2.05) is 6.07 Å². The lowest BCUT2D eigenvalue weighted by atomic mass is 9.86. The van der Waals surface area contributed by atoms with E-state index in [2.05, 4.69) is 38.0 Å². The second-order valence-corrected chi connectivity index (χ2v) is 7.41. The van der Waals surface area contributed by atoms with Crippen molar-refractivity contribution in [2.45, 2.75) is 46.7 Å². The van der Waals surface area contributed by atoms with Crippen LogP contribution in [0.25, 0.3) is 0 Å².